The van der Waals surface area contributed by atoms with Crippen molar-refractivity contribution >= 4 is 17.5 Å². The van der Waals surface area contributed by atoms with Gasteiger partial charge in [-0.15, -0.1) is 0 Å². The molecule has 3 rings (SSSR count). The maximum Gasteiger partial charge on any atom is 0.337 e. The van der Waals surface area contributed by atoms with Gasteiger partial charge in [-0.1, -0.05) is 18.5 Å². The molecule has 1 saturated heterocycles. The number of ether oxygens (including phenoxy) is 1. The van der Waals surface area contributed by atoms with Crippen LogP contribution in [0.3, 0.4) is 0 Å². The molecule has 0 spiro atoms. The Morgan fingerprint density at radius 1 is 1.30 bits per heavy atom. The van der Waals surface area contributed by atoms with Gasteiger partial charge in [0.05, 0.1) is 18.9 Å². The topological polar surface area (TPSA) is 102 Å². The highest BCUT2D eigenvalue weighted by Gasteiger charge is 2.29. The van der Waals surface area contributed by atoms with Crippen LogP contribution in [0, 0.1) is 0 Å². The van der Waals surface area contributed by atoms with Gasteiger partial charge in [-0.2, -0.15) is 0 Å². The predicted octanol–water partition coefficient (Wildman–Crippen LogP) is 1.21. The highest BCUT2D eigenvalue weighted by molar-refractivity contribution is 6.01. The van der Waals surface area contributed by atoms with E-state index in [4.69, 9.17) is 14.0 Å². The van der Waals surface area contributed by atoms with Crippen molar-refractivity contribution in [2.75, 3.05) is 18.5 Å². The van der Waals surface area contributed by atoms with Crippen LogP contribution in [0.15, 0.2) is 20.4 Å². The van der Waals surface area contributed by atoms with Crippen LogP contribution in [0.2, 0.25) is 0 Å². The molecule has 0 saturated carbocycles. The predicted molar refractivity (Wildman–Crippen MR) is 82.4 cm³/mol. The van der Waals surface area contributed by atoms with Crippen LogP contribution >= 0.6 is 0 Å². The Labute approximate surface area is 132 Å². The van der Waals surface area contributed by atoms with Gasteiger partial charge in [-0.05, 0) is 12.0 Å². The lowest BCUT2D eigenvalue weighted by Gasteiger charge is -2.26. The molecule has 8 heteroatoms. The van der Waals surface area contributed by atoms with E-state index in [0.29, 0.717) is 43.6 Å². The molecular weight excluding hydrogens is 302 g/mol. The SMILES string of the molecule is CCCc1cc(=O)oc2c1C(=O)NC(ON=C1CCOCC1)N2. The molecule has 1 aromatic rings. The number of aryl methyl sites for hydroxylation is 1. The smallest absolute Gasteiger partial charge is 0.337 e. The molecule has 2 aliphatic rings. The Hall–Kier alpha value is -2.35. The second-order valence-corrected chi connectivity index (χ2v) is 5.42. The summed E-state index contributed by atoms with van der Waals surface area (Å²) in [5.74, 6) is -0.218. The average molecular weight is 321 g/mol. The van der Waals surface area contributed by atoms with Gasteiger partial charge in [0.15, 0.2) is 0 Å². The first-order chi connectivity index (χ1) is 11.2. The molecule has 1 atom stereocenters. The molecule has 0 bridgehead atoms. The van der Waals surface area contributed by atoms with E-state index in [1.807, 2.05) is 6.92 Å². The van der Waals surface area contributed by atoms with Crippen LogP contribution < -0.4 is 16.3 Å². The Morgan fingerprint density at radius 2 is 2.09 bits per heavy atom. The first kappa shape index (κ1) is 15.5. The van der Waals surface area contributed by atoms with Gasteiger partial charge in [-0.3, -0.25) is 10.1 Å². The lowest BCUT2D eigenvalue weighted by molar-refractivity contribution is 0.0396. The third kappa shape index (κ3) is 3.53. The number of carbonyl (C=O) groups is 1. The summed E-state index contributed by atoms with van der Waals surface area (Å²) >= 11 is 0. The van der Waals surface area contributed by atoms with Gasteiger partial charge in [-0.25, -0.2) is 4.79 Å². The molecule has 23 heavy (non-hydrogen) atoms. The summed E-state index contributed by atoms with van der Waals surface area (Å²) in [6.45, 7) is 3.21. The summed E-state index contributed by atoms with van der Waals surface area (Å²) < 4.78 is 10.3. The first-order valence-electron chi connectivity index (χ1n) is 7.71. The molecule has 1 unspecified atom stereocenters. The van der Waals surface area contributed by atoms with Crippen LogP contribution in [-0.4, -0.2) is 31.2 Å². The van der Waals surface area contributed by atoms with Gasteiger partial charge < -0.3 is 19.3 Å². The van der Waals surface area contributed by atoms with Crippen molar-refractivity contribution in [3.8, 4) is 0 Å². The summed E-state index contributed by atoms with van der Waals surface area (Å²) in [5, 5.41) is 9.54. The molecule has 2 N–H and O–H groups in total. The van der Waals surface area contributed by atoms with Gasteiger partial charge in [0.25, 0.3) is 12.3 Å². The van der Waals surface area contributed by atoms with Crippen LogP contribution in [0.1, 0.15) is 42.1 Å². The monoisotopic (exact) mass is 321 g/mol. The first-order valence-corrected chi connectivity index (χ1v) is 7.71. The zero-order valence-electron chi connectivity index (χ0n) is 12.9. The lowest BCUT2D eigenvalue weighted by atomic mass is 10.0. The molecular formula is C15H19N3O5. The largest absolute Gasteiger partial charge is 0.406 e. The molecule has 0 aliphatic carbocycles. The molecule has 1 fully saturated rings. The normalized spacial score (nSPS) is 20.3. The second-order valence-electron chi connectivity index (χ2n) is 5.42. The van der Waals surface area contributed by atoms with Gasteiger partial charge in [0, 0.05) is 18.9 Å². The number of anilines is 1. The van der Waals surface area contributed by atoms with Crippen molar-refractivity contribution < 1.29 is 18.8 Å². The Balaban J connectivity index is 1.77. The van der Waals surface area contributed by atoms with E-state index in [1.165, 1.54) is 6.07 Å². The van der Waals surface area contributed by atoms with E-state index in [9.17, 15) is 9.59 Å². The fraction of sp³-hybridized carbons (Fsp3) is 0.533. The fourth-order valence-corrected chi connectivity index (χ4v) is 2.58. The Bertz CT molecular complexity index is 674. The maximum atomic E-state index is 12.3. The van der Waals surface area contributed by atoms with Crippen molar-refractivity contribution in [1.29, 1.82) is 0 Å². The van der Waals surface area contributed by atoms with E-state index in [2.05, 4.69) is 15.8 Å². The van der Waals surface area contributed by atoms with E-state index >= 15 is 0 Å². The van der Waals surface area contributed by atoms with Crippen LogP contribution in [-0.2, 0) is 16.0 Å². The van der Waals surface area contributed by atoms with Crippen molar-refractivity contribution in [3.05, 3.63) is 27.6 Å². The van der Waals surface area contributed by atoms with Crippen molar-refractivity contribution in [2.45, 2.75) is 39.0 Å². The summed E-state index contributed by atoms with van der Waals surface area (Å²) in [6.07, 6.45) is 1.97. The summed E-state index contributed by atoms with van der Waals surface area (Å²) in [6, 6.07) is 1.35. The lowest BCUT2D eigenvalue weighted by Crippen LogP contribution is -2.47. The number of nitrogens with one attached hydrogen (secondary N) is 2. The Kier molecular flexibility index (Phi) is 4.61. The second kappa shape index (κ2) is 6.82. The molecule has 124 valence electrons. The summed E-state index contributed by atoms with van der Waals surface area (Å²) in [7, 11) is 0. The summed E-state index contributed by atoms with van der Waals surface area (Å²) in [5.41, 5.74) is 1.39. The average Bonchev–Trinajstić information content (AvgIpc) is 2.53. The zero-order chi connectivity index (χ0) is 16.2. The van der Waals surface area contributed by atoms with E-state index in [1.54, 1.807) is 0 Å². The minimum atomic E-state index is -0.870. The highest BCUT2D eigenvalue weighted by Crippen LogP contribution is 2.23. The van der Waals surface area contributed by atoms with E-state index in [0.717, 1.165) is 12.1 Å². The van der Waals surface area contributed by atoms with Crippen molar-refractivity contribution in [3.63, 3.8) is 0 Å². The number of carbonyl (C=O) groups excluding carboxylic acids is 1. The minimum absolute atomic E-state index is 0.127. The van der Waals surface area contributed by atoms with Gasteiger partial charge in [0.1, 0.15) is 5.56 Å². The third-order valence-electron chi connectivity index (χ3n) is 3.67. The number of fused-ring (bicyclic) bond motifs is 1. The number of hydrogen-bond acceptors (Lipinski definition) is 7. The number of hydrogen-bond donors (Lipinski definition) is 2. The molecule has 3 heterocycles. The standard InChI is InChI=1S/C15H19N3O5/c1-2-3-9-8-11(19)22-14-12(9)13(20)16-15(17-14)23-18-10-4-6-21-7-5-10/h8,15,17H,2-7H2,1H3,(H,16,20). The molecule has 0 radical (unpaired) electrons. The molecule has 2 aliphatic heterocycles. The fourth-order valence-electron chi connectivity index (χ4n) is 2.58. The summed E-state index contributed by atoms with van der Waals surface area (Å²) in [4.78, 5) is 29.2. The molecule has 0 aromatic carbocycles. The van der Waals surface area contributed by atoms with Crippen molar-refractivity contribution in [2.24, 2.45) is 5.16 Å². The van der Waals surface area contributed by atoms with E-state index < -0.39 is 12.0 Å². The number of amides is 1. The molecule has 8 nitrogen and oxygen atoms in total. The minimum Gasteiger partial charge on any atom is -0.406 e. The van der Waals surface area contributed by atoms with Gasteiger partial charge in [0.2, 0.25) is 5.88 Å². The van der Waals surface area contributed by atoms with Crippen LogP contribution in [0.25, 0.3) is 0 Å². The number of nitrogens with zero attached hydrogens (tertiary/aromatic N) is 1. The Morgan fingerprint density at radius 3 is 2.83 bits per heavy atom. The highest BCUT2D eigenvalue weighted by atomic mass is 16.7. The van der Waals surface area contributed by atoms with E-state index in [-0.39, 0.29) is 11.8 Å². The van der Waals surface area contributed by atoms with Crippen molar-refractivity contribution in [1.82, 2.24) is 5.32 Å². The third-order valence-corrected chi connectivity index (χ3v) is 3.67. The maximum absolute atomic E-state index is 12.3. The molecule has 1 amide bonds. The number of oxime groups is 1. The number of rotatable bonds is 4. The molecule has 1 aromatic heterocycles. The zero-order valence-corrected chi connectivity index (χ0v) is 12.9. The quantitative estimate of drug-likeness (QED) is 0.808. The van der Waals surface area contributed by atoms with Crippen LogP contribution in [0.4, 0.5) is 5.88 Å². The van der Waals surface area contributed by atoms with Crippen LogP contribution in [0.5, 0.6) is 0 Å². The van der Waals surface area contributed by atoms with Gasteiger partial charge >= 0.3 is 5.63 Å².